The van der Waals surface area contributed by atoms with Crippen LogP contribution in [0.4, 0.5) is 21.8 Å². The van der Waals surface area contributed by atoms with Gasteiger partial charge in [-0.15, -0.1) is 10.2 Å². The number of aryl methyl sites for hydroxylation is 1. The number of carbonyl (C=O) groups excluding carboxylic acids is 1. The Labute approximate surface area is 166 Å². The molecule has 1 aromatic carbocycles. The number of nitrogens with one attached hydrogen (secondary N) is 3. The van der Waals surface area contributed by atoms with Crippen LogP contribution in [0.2, 0.25) is 5.02 Å². The van der Waals surface area contributed by atoms with Gasteiger partial charge in [-0.1, -0.05) is 23.7 Å². The molecule has 0 fully saturated rings. The van der Waals surface area contributed by atoms with Gasteiger partial charge in [0.1, 0.15) is 17.5 Å². The van der Waals surface area contributed by atoms with E-state index in [1.54, 1.807) is 18.3 Å². The molecule has 144 valence electrons. The highest BCUT2D eigenvalue weighted by molar-refractivity contribution is 6.33. The fraction of sp³-hybridized carbons (Fsp3) is 0.158. The van der Waals surface area contributed by atoms with Crippen molar-refractivity contribution in [2.45, 2.75) is 6.92 Å². The fourth-order valence-electron chi connectivity index (χ4n) is 2.34. The molecule has 2 heterocycles. The van der Waals surface area contributed by atoms with Crippen LogP contribution in [0.3, 0.4) is 0 Å². The second-order valence-corrected chi connectivity index (χ2v) is 6.34. The van der Waals surface area contributed by atoms with E-state index in [9.17, 15) is 9.18 Å². The van der Waals surface area contributed by atoms with Crippen LogP contribution in [-0.2, 0) is 0 Å². The van der Waals surface area contributed by atoms with E-state index >= 15 is 0 Å². The molecule has 3 N–H and O–H groups in total. The van der Waals surface area contributed by atoms with E-state index in [1.165, 1.54) is 18.2 Å². The highest BCUT2D eigenvalue weighted by Gasteiger charge is 2.14. The Morgan fingerprint density at radius 1 is 1.04 bits per heavy atom. The van der Waals surface area contributed by atoms with Crippen molar-refractivity contribution in [2.75, 3.05) is 23.7 Å². The second kappa shape index (κ2) is 9.09. The Kier molecular flexibility index (Phi) is 6.33. The molecule has 0 spiro atoms. The maximum absolute atomic E-state index is 13.7. The van der Waals surface area contributed by atoms with E-state index < -0.39 is 11.7 Å². The number of halogens is 2. The van der Waals surface area contributed by atoms with Gasteiger partial charge in [0.25, 0.3) is 5.91 Å². The van der Waals surface area contributed by atoms with Crippen molar-refractivity contribution < 1.29 is 9.18 Å². The molecule has 0 saturated heterocycles. The van der Waals surface area contributed by atoms with Gasteiger partial charge in [-0.25, -0.2) is 9.37 Å². The second-order valence-electron chi connectivity index (χ2n) is 5.93. The van der Waals surface area contributed by atoms with Crippen molar-refractivity contribution in [2.24, 2.45) is 0 Å². The summed E-state index contributed by atoms with van der Waals surface area (Å²) in [6.07, 6.45) is 1.76. The Morgan fingerprint density at radius 2 is 1.79 bits per heavy atom. The first kappa shape index (κ1) is 19.5. The SMILES string of the molecule is Cc1ccc(Nc2ccc(NCCNC(=O)c3c(F)cccc3Cl)nn2)nc1. The van der Waals surface area contributed by atoms with Crippen molar-refractivity contribution in [3.05, 3.63) is 70.6 Å². The predicted molar refractivity (Wildman–Crippen MR) is 107 cm³/mol. The smallest absolute Gasteiger partial charge is 0.255 e. The molecule has 0 aliphatic carbocycles. The number of hydrogen-bond donors (Lipinski definition) is 3. The lowest BCUT2D eigenvalue weighted by atomic mass is 10.2. The maximum Gasteiger partial charge on any atom is 0.255 e. The van der Waals surface area contributed by atoms with E-state index in [1.807, 2.05) is 19.1 Å². The summed E-state index contributed by atoms with van der Waals surface area (Å²) in [4.78, 5) is 16.3. The van der Waals surface area contributed by atoms with E-state index in [2.05, 4.69) is 31.1 Å². The summed E-state index contributed by atoms with van der Waals surface area (Å²) in [5.74, 6) is 0.552. The Bertz CT molecular complexity index is 929. The number of hydrogen-bond acceptors (Lipinski definition) is 6. The van der Waals surface area contributed by atoms with Crippen LogP contribution in [0.1, 0.15) is 15.9 Å². The molecule has 3 aromatic rings. The van der Waals surface area contributed by atoms with Gasteiger partial charge in [0, 0.05) is 19.3 Å². The molecule has 28 heavy (non-hydrogen) atoms. The van der Waals surface area contributed by atoms with Gasteiger partial charge in [-0.2, -0.15) is 0 Å². The number of benzene rings is 1. The summed E-state index contributed by atoms with van der Waals surface area (Å²) in [5, 5.41) is 16.9. The zero-order valence-electron chi connectivity index (χ0n) is 15.0. The lowest BCUT2D eigenvalue weighted by Crippen LogP contribution is -2.29. The van der Waals surface area contributed by atoms with Crippen LogP contribution in [0.5, 0.6) is 0 Å². The summed E-state index contributed by atoms with van der Waals surface area (Å²) in [6.45, 7) is 2.61. The molecule has 0 unspecified atom stereocenters. The van der Waals surface area contributed by atoms with Gasteiger partial charge in [0.2, 0.25) is 0 Å². The summed E-state index contributed by atoms with van der Waals surface area (Å²) in [6, 6.07) is 11.4. The van der Waals surface area contributed by atoms with Crippen LogP contribution in [0, 0.1) is 12.7 Å². The largest absolute Gasteiger partial charge is 0.367 e. The fourth-order valence-corrected chi connectivity index (χ4v) is 2.58. The first-order valence-electron chi connectivity index (χ1n) is 8.52. The molecule has 0 atom stereocenters. The van der Waals surface area contributed by atoms with E-state index in [0.29, 0.717) is 24.0 Å². The van der Waals surface area contributed by atoms with Gasteiger partial charge in [0.15, 0.2) is 5.82 Å². The lowest BCUT2D eigenvalue weighted by Gasteiger charge is -2.09. The van der Waals surface area contributed by atoms with E-state index in [4.69, 9.17) is 11.6 Å². The van der Waals surface area contributed by atoms with Crippen LogP contribution in [0.15, 0.2) is 48.7 Å². The summed E-state index contributed by atoms with van der Waals surface area (Å²) in [5.41, 5.74) is 0.907. The third-order valence-electron chi connectivity index (χ3n) is 3.74. The molecule has 0 radical (unpaired) electrons. The predicted octanol–water partition coefficient (Wildman–Crippen LogP) is 3.56. The number of rotatable bonds is 7. The highest BCUT2D eigenvalue weighted by atomic mass is 35.5. The van der Waals surface area contributed by atoms with Gasteiger partial charge in [-0.3, -0.25) is 4.79 Å². The Hall–Kier alpha value is -3.26. The minimum Gasteiger partial charge on any atom is -0.367 e. The molecule has 0 aliphatic heterocycles. The van der Waals surface area contributed by atoms with Crippen molar-refractivity contribution in [1.82, 2.24) is 20.5 Å². The van der Waals surface area contributed by atoms with Gasteiger partial charge in [0.05, 0.1) is 10.6 Å². The molecule has 0 aliphatic rings. The van der Waals surface area contributed by atoms with Crippen molar-refractivity contribution in [1.29, 1.82) is 0 Å². The van der Waals surface area contributed by atoms with Gasteiger partial charge in [-0.05, 0) is 42.8 Å². The van der Waals surface area contributed by atoms with Crippen LogP contribution in [-0.4, -0.2) is 34.2 Å². The number of nitrogens with zero attached hydrogens (tertiary/aromatic N) is 3. The topological polar surface area (TPSA) is 91.8 Å². The number of pyridine rings is 1. The molecule has 7 nitrogen and oxygen atoms in total. The van der Waals surface area contributed by atoms with Crippen molar-refractivity contribution >= 4 is 35.0 Å². The van der Waals surface area contributed by atoms with Crippen LogP contribution < -0.4 is 16.0 Å². The first-order valence-corrected chi connectivity index (χ1v) is 8.90. The quantitative estimate of drug-likeness (QED) is 0.525. The first-order chi connectivity index (χ1) is 13.5. The standard InChI is InChI=1S/C19H18ClFN6O/c1-12-5-6-15(24-11-12)25-17-8-7-16(26-27-17)22-9-10-23-19(28)18-13(20)3-2-4-14(18)21/h2-8,11H,9-10H2,1H3,(H,22,26)(H,23,28)(H,24,25,27). The number of aromatic nitrogens is 3. The zero-order chi connectivity index (χ0) is 19.9. The van der Waals surface area contributed by atoms with Crippen molar-refractivity contribution in [3.63, 3.8) is 0 Å². The normalized spacial score (nSPS) is 10.4. The van der Waals surface area contributed by atoms with E-state index in [0.717, 1.165) is 5.56 Å². The zero-order valence-corrected chi connectivity index (χ0v) is 15.8. The third kappa shape index (κ3) is 5.14. The highest BCUT2D eigenvalue weighted by Crippen LogP contribution is 2.18. The maximum atomic E-state index is 13.7. The van der Waals surface area contributed by atoms with Crippen LogP contribution in [0.25, 0.3) is 0 Å². The molecule has 2 aromatic heterocycles. The summed E-state index contributed by atoms with van der Waals surface area (Å²) >= 11 is 5.87. The average Bonchev–Trinajstić information content (AvgIpc) is 2.68. The number of anilines is 3. The molecular formula is C19H18ClFN6O. The van der Waals surface area contributed by atoms with Gasteiger partial charge >= 0.3 is 0 Å². The lowest BCUT2D eigenvalue weighted by molar-refractivity contribution is 0.0951. The minimum atomic E-state index is -0.657. The molecule has 3 rings (SSSR count). The molecule has 0 bridgehead atoms. The van der Waals surface area contributed by atoms with Crippen molar-refractivity contribution in [3.8, 4) is 0 Å². The summed E-state index contributed by atoms with van der Waals surface area (Å²) in [7, 11) is 0. The monoisotopic (exact) mass is 400 g/mol. The Morgan fingerprint density at radius 3 is 2.46 bits per heavy atom. The molecular weight excluding hydrogens is 383 g/mol. The minimum absolute atomic E-state index is 0.0717. The van der Waals surface area contributed by atoms with Gasteiger partial charge < -0.3 is 16.0 Å². The van der Waals surface area contributed by atoms with E-state index in [-0.39, 0.29) is 17.1 Å². The third-order valence-corrected chi connectivity index (χ3v) is 4.05. The summed E-state index contributed by atoms with van der Waals surface area (Å²) < 4.78 is 13.7. The molecule has 9 heteroatoms. The van der Waals surface area contributed by atoms with Crippen LogP contribution >= 0.6 is 11.6 Å². The molecule has 0 saturated carbocycles. The number of carbonyl (C=O) groups is 1. The number of amides is 1. The Balaban J connectivity index is 1.46. The average molecular weight is 401 g/mol. The molecule has 1 amide bonds.